The Bertz CT molecular complexity index is 1210. The molecule has 1 fully saturated rings. The van der Waals surface area contributed by atoms with Crippen LogP contribution in [0.1, 0.15) is 40.4 Å². The lowest BCUT2D eigenvalue weighted by Crippen LogP contribution is -2.43. The van der Waals surface area contributed by atoms with Crippen molar-refractivity contribution in [3.8, 4) is 17.2 Å². The van der Waals surface area contributed by atoms with Crippen molar-refractivity contribution in [2.45, 2.75) is 25.4 Å². The van der Waals surface area contributed by atoms with Gasteiger partial charge in [0.15, 0.2) is 11.5 Å². The first-order valence-corrected chi connectivity index (χ1v) is 13.0. The van der Waals surface area contributed by atoms with Crippen molar-refractivity contribution in [1.29, 1.82) is 0 Å². The van der Waals surface area contributed by atoms with Crippen LogP contribution in [0.15, 0.2) is 66.7 Å². The topological polar surface area (TPSA) is 63.3 Å². The summed E-state index contributed by atoms with van der Waals surface area (Å²) in [7, 11) is 3.27. The third kappa shape index (κ3) is 5.37. The molecule has 2 heterocycles. The summed E-state index contributed by atoms with van der Waals surface area (Å²) in [5, 5.41) is 3.42. The van der Waals surface area contributed by atoms with E-state index in [0.29, 0.717) is 24.7 Å². The van der Waals surface area contributed by atoms with Crippen LogP contribution in [-0.2, 0) is 6.54 Å². The van der Waals surface area contributed by atoms with Crippen molar-refractivity contribution < 1.29 is 19.0 Å². The number of ether oxygens (including phenoxy) is 3. The van der Waals surface area contributed by atoms with E-state index in [1.54, 1.807) is 14.2 Å². The van der Waals surface area contributed by atoms with E-state index in [-0.39, 0.29) is 11.9 Å². The van der Waals surface area contributed by atoms with Crippen molar-refractivity contribution >= 4 is 11.6 Å². The number of amides is 1. The summed E-state index contributed by atoms with van der Waals surface area (Å²) in [6.45, 7) is 4.97. The second-order valence-corrected chi connectivity index (χ2v) is 9.41. The zero-order valence-electron chi connectivity index (χ0n) is 21.6. The van der Waals surface area contributed by atoms with Gasteiger partial charge < -0.3 is 29.3 Å². The van der Waals surface area contributed by atoms with E-state index in [4.69, 9.17) is 14.2 Å². The van der Waals surface area contributed by atoms with Gasteiger partial charge in [0.2, 0.25) is 0 Å². The molecular weight excluding hydrogens is 466 g/mol. The number of hydrogen-bond acceptors (Lipinski definition) is 6. The number of hydrogen-bond donors (Lipinski definition) is 1. The van der Waals surface area contributed by atoms with E-state index in [0.717, 1.165) is 61.5 Å². The average Bonchev–Trinajstić information content (AvgIpc) is 3.29. The molecule has 1 saturated heterocycles. The molecule has 0 bridgehead atoms. The Labute approximate surface area is 218 Å². The lowest BCUT2D eigenvalue weighted by molar-refractivity contribution is 0.0684. The molecule has 0 aromatic heterocycles. The molecule has 1 atom stereocenters. The minimum atomic E-state index is -0.116. The van der Waals surface area contributed by atoms with Crippen LogP contribution in [0.5, 0.6) is 17.2 Å². The van der Waals surface area contributed by atoms with Crippen LogP contribution in [0.2, 0.25) is 0 Å². The maximum atomic E-state index is 13.8. The number of nitrogens with zero attached hydrogens (tertiary/aromatic N) is 2. The summed E-state index contributed by atoms with van der Waals surface area (Å²) in [5.41, 5.74) is 4.14. The number of rotatable bonds is 10. The molecule has 0 spiro atoms. The van der Waals surface area contributed by atoms with Crippen LogP contribution in [0.25, 0.3) is 0 Å². The normalized spacial score (nSPS) is 15.9. The van der Waals surface area contributed by atoms with Crippen molar-refractivity contribution in [3.63, 3.8) is 0 Å². The first-order chi connectivity index (χ1) is 18.2. The molecule has 7 heteroatoms. The molecule has 0 saturated carbocycles. The van der Waals surface area contributed by atoms with Crippen LogP contribution in [0.4, 0.5) is 5.69 Å². The Morgan fingerprint density at radius 1 is 0.919 bits per heavy atom. The minimum Gasteiger partial charge on any atom is -0.494 e. The SMILES string of the molecule is COc1ccc(C(CCCOc2ccccc2)N2Cc3c(cccc3N3CCNCC3)C2=O)cc1OC. The first kappa shape index (κ1) is 25.0. The summed E-state index contributed by atoms with van der Waals surface area (Å²) in [5.74, 6) is 2.27. The molecule has 1 unspecified atom stereocenters. The lowest BCUT2D eigenvalue weighted by atomic mass is 9.99. The summed E-state index contributed by atoms with van der Waals surface area (Å²) in [4.78, 5) is 18.2. The van der Waals surface area contributed by atoms with Crippen molar-refractivity contribution in [3.05, 3.63) is 83.4 Å². The van der Waals surface area contributed by atoms with E-state index >= 15 is 0 Å². The van der Waals surface area contributed by atoms with E-state index in [2.05, 4.69) is 16.3 Å². The van der Waals surface area contributed by atoms with Gasteiger partial charge in [0.25, 0.3) is 5.91 Å². The molecule has 194 valence electrons. The van der Waals surface area contributed by atoms with Gasteiger partial charge >= 0.3 is 0 Å². The van der Waals surface area contributed by atoms with Gasteiger partial charge in [-0.2, -0.15) is 0 Å². The van der Waals surface area contributed by atoms with Gasteiger partial charge in [-0.25, -0.2) is 0 Å². The van der Waals surface area contributed by atoms with Gasteiger partial charge in [-0.05, 0) is 54.8 Å². The maximum Gasteiger partial charge on any atom is 0.255 e. The number of carbonyl (C=O) groups excluding carboxylic acids is 1. The highest BCUT2D eigenvalue weighted by Crippen LogP contribution is 2.40. The van der Waals surface area contributed by atoms with Crippen LogP contribution in [-0.4, -0.2) is 57.8 Å². The Morgan fingerprint density at radius 3 is 2.46 bits per heavy atom. The largest absolute Gasteiger partial charge is 0.494 e. The highest BCUT2D eigenvalue weighted by molar-refractivity contribution is 6.00. The molecular formula is C30H35N3O4. The van der Waals surface area contributed by atoms with E-state index in [9.17, 15) is 4.79 Å². The van der Waals surface area contributed by atoms with Crippen LogP contribution >= 0.6 is 0 Å². The summed E-state index contributed by atoms with van der Waals surface area (Å²) >= 11 is 0. The second kappa shape index (κ2) is 11.6. The van der Waals surface area contributed by atoms with Gasteiger partial charge in [0, 0.05) is 49.5 Å². The van der Waals surface area contributed by atoms with Gasteiger partial charge in [0.1, 0.15) is 5.75 Å². The molecule has 2 aliphatic heterocycles. The van der Waals surface area contributed by atoms with Crippen molar-refractivity contribution in [2.24, 2.45) is 0 Å². The number of methoxy groups -OCH3 is 2. The van der Waals surface area contributed by atoms with Crippen LogP contribution in [0, 0.1) is 0 Å². The van der Waals surface area contributed by atoms with Crippen molar-refractivity contribution in [1.82, 2.24) is 10.2 Å². The minimum absolute atomic E-state index is 0.0794. The monoisotopic (exact) mass is 501 g/mol. The highest BCUT2D eigenvalue weighted by atomic mass is 16.5. The highest BCUT2D eigenvalue weighted by Gasteiger charge is 2.36. The third-order valence-corrected chi connectivity index (χ3v) is 7.23. The van der Waals surface area contributed by atoms with Crippen molar-refractivity contribution in [2.75, 3.05) is 51.9 Å². The van der Waals surface area contributed by atoms with Crippen LogP contribution in [0.3, 0.4) is 0 Å². The molecule has 37 heavy (non-hydrogen) atoms. The Hall–Kier alpha value is -3.71. The summed E-state index contributed by atoms with van der Waals surface area (Å²) in [6.07, 6.45) is 1.57. The molecule has 3 aromatic rings. The standard InChI is InChI=1S/C30H35N3O4/c1-35-28-14-13-22(20-29(28)36-2)26(12-7-19-37-23-8-4-3-5-9-23)33-21-25-24(30(33)34)10-6-11-27(25)32-17-15-31-16-18-32/h3-6,8-11,13-14,20,26,31H,7,12,15-19,21H2,1-2H3. The Kier molecular flexibility index (Phi) is 7.80. The van der Waals surface area contributed by atoms with E-state index in [1.165, 1.54) is 5.69 Å². The van der Waals surface area contributed by atoms with Crippen LogP contribution < -0.4 is 24.4 Å². The fraction of sp³-hybridized carbons (Fsp3) is 0.367. The lowest BCUT2D eigenvalue weighted by Gasteiger charge is -2.32. The summed E-state index contributed by atoms with van der Waals surface area (Å²) in [6, 6.07) is 21.8. The number of anilines is 1. The molecule has 3 aromatic carbocycles. The Morgan fingerprint density at radius 2 is 1.70 bits per heavy atom. The van der Waals surface area contributed by atoms with Gasteiger partial charge in [-0.15, -0.1) is 0 Å². The van der Waals surface area contributed by atoms with Gasteiger partial charge in [0.05, 0.1) is 26.9 Å². The maximum absolute atomic E-state index is 13.8. The van der Waals surface area contributed by atoms with Gasteiger partial charge in [-0.3, -0.25) is 4.79 Å². The number of fused-ring (bicyclic) bond motifs is 1. The molecule has 7 nitrogen and oxygen atoms in total. The first-order valence-electron chi connectivity index (χ1n) is 13.0. The fourth-order valence-corrected chi connectivity index (χ4v) is 5.34. The molecule has 5 rings (SSSR count). The average molecular weight is 502 g/mol. The second-order valence-electron chi connectivity index (χ2n) is 9.41. The van der Waals surface area contributed by atoms with Gasteiger partial charge in [-0.1, -0.05) is 30.3 Å². The molecule has 1 N–H and O–H groups in total. The number of nitrogens with one attached hydrogen (secondary N) is 1. The van der Waals surface area contributed by atoms with E-state index in [1.807, 2.05) is 65.6 Å². The molecule has 0 aliphatic carbocycles. The van der Waals surface area contributed by atoms with E-state index < -0.39 is 0 Å². The summed E-state index contributed by atoms with van der Waals surface area (Å²) < 4.78 is 17.0. The number of piperazine rings is 1. The number of carbonyl (C=O) groups is 1. The predicted octanol–water partition coefficient (Wildman–Crippen LogP) is 4.67. The quantitative estimate of drug-likeness (QED) is 0.408. The number of para-hydroxylation sites is 1. The third-order valence-electron chi connectivity index (χ3n) is 7.23. The predicted molar refractivity (Wildman–Crippen MR) is 145 cm³/mol. The molecule has 2 aliphatic rings. The molecule has 0 radical (unpaired) electrons. The zero-order valence-corrected chi connectivity index (χ0v) is 21.6. The smallest absolute Gasteiger partial charge is 0.255 e. The number of benzene rings is 3. The zero-order chi connectivity index (χ0) is 25.6. The fourth-order valence-electron chi connectivity index (χ4n) is 5.34. The molecule has 1 amide bonds. The Balaban J connectivity index is 1.40.